The minimum absolute atomic E-state index is 0.0354. The van der Waals surface area contributed by atoms with Gasteiger partial charge in [-0.15, -0.1) is 0 Å². The molecule has 1 aromatic heterocycles. The van der Waals surface area contributed by atoms with Gasteiger partial charge in [-0.3, -0.25) is 4.79 Å². The molecule has 0 bridgehead atoms. The zero-order valence-electron chi connectivity index (χ0n) is 9.80. The van der Waals surface area contributed by atoms with Crippen LogP contribution < -0.4 is 5.43 Å². The first-order valence-corrected chi connectivity index (χ1v) is 6.87. The fourth-order valence-corrected chi connectivity index (χ4v) is 2.78. The fraction of sp³-hybridized carbons (Fsp3) is 0. The van der Waals surface area contributed by atoms with E-state index in [1.54, 1.807) is 18.2 Å². The lowest BCUT2D eigenvalue weighted by Crippen LogP contribution is -2.03. The Bertz CT molecular complexity index is 781. The van der Waals surface area contributed by atoms with E-state index in [0.29, 0.717) is 20.9 Å². The molecule has 0 saturated carbocycles. The summed E-state index contributed by atoms with van der Waals surface area (Å²) in [6.45, 7) is 0. The number of hydrogen-bond donors (Lipinski definition) is 0. The first kappa shape index (κ1) is 12.3. The third-order valence-electron chi connectivity index (χ3n) is 2.68. The van der Waals surface area contributed by atoms with Gasteiger partial charge >= 0.3 is 0 Å². The van der Waals surface area contributed by atoms with Gasteiger partial charge in [-0.25, -0.2) is 0 Å². The van der Waals surface area contributed by atoms with Gasteiger partial charge < -0.3 is 4.42 Å². The van der Waals surface area contributed by atoms with Crippen molar-refractivity contribution in [3.63, 3.8) is 0 Å². The topological polar surface area (TPSA) is 30.2 Å². The van der Waals surface area contributed by atoms with Crippen molar-refractivity contribution in [1.82, 2.24) is 0 Å². The van der Waals surface area contributed by atoms with Crippen LogP contribution in [0.3, 0.4) is 0 Å². The summed E-state index contributed by atoms with van der Waals surface area (Å²) in [6, 6.07) is 14.8. The van der Waals surface area contributed by atoms with Gasteiger partial charge in [0.05, 0.1) is 10.3 Å². The molecule has 1 heterocycles. The molecule has 0 fully saturated rings. The molecular weight excluding hydrogens is 280 g/mol. The summed E-state index contributed by atoms with van der Waals surface area (Å²) in [5, 5.41) is 1.10. The predicted molar refractivity (Wildman–Crippen MR) is 78.1 cm³/mol. The average Bonchev–Trinajstić information content (AvgIpc) is 2.43. The van der Waals surface area contributed by atoms with Crippen LogP contribution in [-0.4, -0.2) is 0 Å². The highest BCUT2D eigenvalue weighted by Gasteiger charge is 2.08. The van der Waals surface area contributed by atoms with Gasteiger partial charge in [0.15, 0.2) is 0 Å². The second kappa shape index (κ2) is 5.11. The van der Waals surface area contributed by atoms with E-state index in [1.165, 1.54) is 18.0 Å². The van der Waals surface area contributed by atoms with Crippen LogP contribution in [0, 0.1) is 0 Å². The van der Waals surface area contributed by atoms with E-state index in [2.05, 4.69) is 0 Å². The summed E-state index contributed by atoms with van der Waals surface area (Å²) in [4.78, 5) is 13.9. The van der Waals surface area contributed by atoms with Crippen molar-refractivity contribution in [3.8, 4) is 0 Å². The van der Waals surface area contributed by atoms with E-state index in [4.69, 9.17) is 16.0 Å². The fourth-order valence-electron chi connectivity index (χ4n) is 1.77. The molecule has 0 aliphatic carbocycles. The van der Waals surface area contributed by atoms with Gasteiger partial charge in [-0.1, -0.05) is 41.6 Å². The molecule has 0 amide bonds. The molecule has 19 heavy (non-hydrogen) atoms. The zero-order chi connectivity index (χ0) is 13.2. The van der Waals surface area contributed by atoms with Gasteiger partial charge in [-0.05, 0) is 24.3 Å². The molecule has 2 aromatic carbocycles. The Labute approximate surface area is 119 Å². The molecule has 0 atom stereocenters. The van der Waals surface area contributed by atoms with Crippen molar-refractivity contribution in [2.24, 2.45) is 0 Å². The highest BCUT2D eigenvalue weighted by atomic mass is 35.5. The SMILES string of the molecule is O=c1c(Sc2ccccc2)coc2cc(Cl)ccc12. The highest BCUT2D eigenvalue weighted by Crippen LogP contribution is 2.27. The van der Waals surface area contributed by atoms with Crippen LogP contribution in [0.4, 0.5) is 0 Å². The maximum atomic E-state index is 12.3. The van der Waals surface area contributed by atoms with Crippen LogP contribution in [0.5, 0.6) is 0 Å². The number of fused-ring (bicyclic) bond motifs is 1. The number of rotatable bonds is 2. The molecule has 0 aliphatic heterocycles. The predicted octanol–water partition coefficient (Wildman–Crippen LogP) is 4.60. The van der Waals surface area contributed by atoms with Crippen molar-refractivity contribution in [3.05, 3.63) is 70.0 Å². The Morgan fingerprint density at radius 1 is 1.05 bits per heavy atom. The molecule has 3 rings (SSSR count). The minimum Gasteiger partial charge on any atom is -0.463 e. The minimum atomic E-state index is -0.0354. The van der Waals surface area contributed by atoms with Crippen LogP contribution >= 0.6 is 23.4 Å². The smallest absolute Gasteiger partial charge is 0.206 e. The molecule has 2 nitrogen and oxygen atoms in total. The zero-order valence-corrected chi connectivity index (χ0v) is 11.4. The van der Waals surface area contributed by atoms with E-state index in [9.17, 15) is 4.79 Å². The van der Waals surface area contributed by atoms with Gasteiger partial charge in [0, 0.05) is 16.0 Å². The Morgan fingerprint density at radius 3 is 2.63 bits per heavy atom. The van der Waals surface area contributed by atoms with Crippen LogP contribution in [-0.2, 0) is 0 Å². The number of benzene rings is 2. The average molecular weight is 289 g/mol. The molecule has 0 N–H and O–H groups in total. The van der Waals surface area contributed by atoms with Crippen LogP contribution in [0.2, 0.25) is 5.02 Å². The van der Waals surface area contributed by atoms with Gasteiger partial charge in [-0.2, -0.15) is 0 Å². The van der Waals surface area contributed by atoms with Crippen molar-refractivity contribution < 1.29 is 4.42 Å². The van der Waals surface area contributed by atoms with E-state index < -0.39 is 0 Å². The largest absolute Gasteiger partial charge is 0.463 e. The molecule has 0 spiro atoms. The molecule has 0 unspecified atom stereocenters. The van der Waals surface area contributed by atoms with Crippen molar-refractivity contribution in [2.45, 2.75) is 9.79 Å². The highest BCUT2D eigenvalue weighted by molar-refractivity contribution is 7.99. The Balaban J connectivity index is 2.08. The summed E-state index contributed by atoms with van der Waals surface area (Å²) in [5.41, 5.74) is 0.474. The Morgan fingerprint density at radius 2 is 1.84 bits per heavy atom. The third-order valence-corrected chi connectivity index (χ3v) is 3.92. The van der Waals surface area contributed by atoms with Crippen LogP contribution in [0.25, 0.3) is 11.0 Å². The molecule has 94 valence electrons. The standard InChI is InChI=1S/C15H9ClO2S/c16-10-6-7-12-13(8-10)18-9-14(15(12)17)19-11-4-2-1-3-5-11/h1-9H. The summed E-state index contributed by atoms with van der Waals surface area (Å²) in [6.07, 6.45) is 1.48. The van der Waals surface area contributed by atoms with Gasteiger partial charge in [0.25, 0.3) is 0 Å². The van der Waals surface area contributed by atoms with Crippen molar-refractivity contribution >= 4 is 34.3 Å². The lowest BCUT2D eigenvalue weighted by atomic mass is 10.2. The Kier molecular flexibility index (Phi) is 3.32. The molecule has 0 radical (unpaired) electrons. The molecule has 0 saturated heterocycles. The maximum absolute atomic E-state index is 12.3. The first-order chi connectivity index (χ1) is 9.24. The number of halogens is 1. The van der Waals surface area contributed by atoms with Gasteiger partial charge in [0.2, 0.25) is 5.43 Å². The Hall–Kier alpha value is -1.71. The maximum Gasteiger partial charge on any atom is 0.206 e. The second-order valence-electron chi connectivity index (χ2n) is 3.98. The van der Waals surface area contributed by atoms with E-state index >= 15 is 0 Å². The molecule has 3 aromatic rings. The van der Waals surface area contributed by atoms with Crippen LogP contribution in [0.15, 0.2) is 73.8 Å². The lowest BCUT2D eigenvalue weighted by Gasteiger charge is -2.02. The van der Waals surface area contributed by atoms with Crippen molar-refractivity contribution in [1.29, 1.82) is 0 Å². The third kappa shape index (κ3) is 2.53. The van der Waals surface area contributed by atoms with E-state index in [1.807, 2.05) is 30.3 Å². The molecule has 4 heteroatoms. The summed E-state index contributed by atoms with van der Waals surface area (Å²) in [5.74, 6) is 0. The monoisotopic (exact) mass is 288 g/mol. The lowest BCUT2D eigenvalue weighted by molar-refractivity contribution is 0.587. The first-order valence-electron chi connectivity index (χ1n) is 5.68. The quantitative estimate of drug-likeness (QED) is 0.690. The normalized spacial score (nSPS) is 10.8. The molecular formula is C15H9ClO2S. The second-order valence-corrected chi connectivity index (χ2v) is 5.54. The summed E-state index contributed by atoms with van der Waals surface area (Å²) >= 11 is 7.27. The van der Waals surface area contributed by atoms with E-state index in [0.717, 1.165) is 4.90 Å². The van der Waals surface area contributed by atoms with Crippen molar-refractivity contribution in [2.75, 3.05) is 0 Å². The van der Waals surface area contributed by atoms with E-state index in [-0.39, 0.29) is 5.43 Å². The summed E-state index contributed by atoms with van der Waals surface area (Å²) in [7, 11) is 0. The number of hydrogen-bond acceptors (Lipinski definition) is 3. The van der Waals surface area contributed by atoms with Gasteiger partial charge in [0.1, 0.15) is 11.8 Å². The van der Waals surface area contributed by atoms with Crippen LogP contribution in [0.1, 0.15) is 0 Å². The summed E-state index contributed by atoms with van der Waals surface area (Å²) < 4.78 is 5.47. The molecule has 0 aliphatic rings.